The molecule has 94 valence electrons. The maximum atomic E-state index is 8.78. The number of nitriles is 1. The monoisotopic (exact) mass is 271 g/mol. The largest absolute Gasteiger partial charge is 0.359 e. The second-order valence-corrected chi connectivity index (χ2v) is 5.98. The zero-order valence-corrected chi connectivity index (χ0v) is 12.0. The molecule has 0 spiro atoms. The molecule has 0 saturated heterocycles. The summed E-state index contributed by atoms with van der Waals surface area (Å²) in [4.78, 5) is 4.59. The Bertz CT molecular complexity index is 395. The second kappa shape index (κ2) is 6.83. The molecule has 3 nitrogen and oxygen atoms in total. The Morgan fingerprint density at radius 1 is 1.41 bits per heavy atom. The smallest absolute Gasteiger partial charge is 0.185 e. The van der Waals surface area contributed by atoms with Gasteiger partial charge in [-0.3, -0.25) is 0 Å². The molecular formula is C12H18ClN3S. The molecule has 0 bridgehead atoms. The lowest BCUT2D eigenvalue weighted by Crippen LogP contribution is -2.14. The average molecular weight is 272 g/mol. The summed E-state index contributed by atoms with van der Waals surface area (Å²) in [6, 6.07) is 2.39. The first-order valence-corrected chi connectivity index (χ1v) is 7.05. The summed E-state index contributed by atoms with van der Waals surface area (Å²) in [5.74, 6) is 0.752. The van der Waals surface area contributed by atoms with Crippen LogP contribution in [0.1, 0.15) is 44.9 Å². The minimum absolute atomic E-state index is 0.300. The lowest BCUT2D eigenvalue weighted by molar-refractivity contribution is 0.520. The van der Waals surface area contributed by atoms with Gasteiger partial charge in [0.05, 0.1) is 0 Å². The Kier molecular flexibility index (Phi) is 5.73. The molecule has 1 aromatic heterocycles. The number of aromatic nitrogens is 1. The van der Waals surface area contributed by atoms with E-state index in [0.717, 1.165) is 17.5 Å². The highest BCUT2D eigenvalue weighted by Crippen LogP contribution is 2.26. The highest BCUT2D eigenvalue weighted by atomic mass is 35.5. The van der Waals surface area contributed by atoms with Gasteiger partial charge < -0.3 is 5.32 Å². The van der Waals surface area contributed by atoms with Gasteiger partial charge in [-0.05, 0) is 19.3 Å². The summed E-state index contributed by atoms with van der Waals surface area (Å²) in [5, 5.41) is 13.1. The van der Waals surface area contributed by atoms with Crippen molar-refractivity contribution in [1.82, 2.24) is 4.98 Å². The van der Waals surface area contributed by atoms with Crippen molar-refractivity contribution in [2.45, 2.75) is 46.1 Å². The number of halogens is 1. The highest BCUT2D eigenvalue weighted by molar-refractivity contribution is 7.16. The van der Waals surface area contributed by atoms with Crippen LogP contribution >= 0.6 is 22.9 Å². The van der Waals surface area contributed by atoms with Crippen LogP contribution in [0, 0.1) is 17.2 Å². The van der Waals surface area contributed by atoms with Crippen molar-refractivity contribution >= 4 is 28.1 Å². The van der Waals surface area contributed by atoms with E-state index in [9.17, 15) is 0 Å². The Morgan fingerprint density at radius 3 is 2.65 bits per heavy atom. The van der Waals surface area contributed by atoms with Crippen LogP contribution in [-0.2, 0) is 0 Å². The van der Waals surface area contributed by atoms with Crippen molar-refractivity contribution in [3.05, 3.63) is 10.0 Å². The van der Waals surface area contributed by atoms with E-state index in [2.05, 4.69) is 31.1 Å². The quantitative estimate of drug-likeness (QED) is 0.839. The molecule has 17 heavy (non-hydrogen) atoms. The van der Waals surface area contributed by atoms with Crippen molar-refractivity contribution in [2.75, 3.05) is 5.32 Å². The van der Waals surface area contributed by atoms with Crippen molar-refractivity contribution < 1.29 is 0 Å². The number of anilines is 1. The first-order valence-electron chi connectivity index (χ1n) is 5.86. The molecule has 0 amide bonds. The molecule has 1 aromatic rings. The molecule has 1 rings (SSSR count). The van der Waals surface area contributed by atoms with Crippen molar-refractivity contribution in [2.24, 2.45) is 5.92 Å². The van der Waals surface area contributed by atoms with E-state index in [1.807, 2.05) is 6.07 Å². The van der Waals surface area contributed by atoms with Gasteiger partial charge in [0.15, 0.2) is 10.3 Å². The van der Waals surface area contributed by atoms with Crippen LogP contribution in [0.15, 0.2) is 0 Å². The number of hydrogen-bond donors (Lipinski definition) is 1. The normalized spacial score (nSPS) is 12.5. The zero-order valence-electron chi connectivity index (χ0n) is 10.5. The van der Waals surface area contributed by atoms with Crippen LogP contribution in [0.5, 0.6) is 0 Å². The number of thiazole rings is 1. The van der Waals surface area contributed by atoms with E-state index in [-0.39, 0.29) is 0 Å². The lowest BCUT2D eigenvalue weighted by Gasteiger charge is -2.13. The lowest BCUT2D eigenvalue weighted by atomic mass is 10.0. The third kappa shape index (κ3) is 4.93. The summed E-state index contributed by atoms with van der Waals surface area (Å²) >= 11 is 7.12. The van der Waals surface area contributed by atoms with Crippen molar-refractivity contribution in [3.63, 3.8) is 0 Å². The van der Waals surface area contributed by atoms with Gasteiger partial charge in [0, 0.05) is 6.04 Å². The average Bonchev–Trinajstić information content (AvgIpc) is 2.58. The van der Waals surface area contributed by atoms with E-state index >= 15 is 0 Å². The van der Waals surface area contributed by atoms with Crippen LogP contribution in [-0.4, -0.2) is 11.0 Å². The van der Waals surface area contributed by atoms with Crippen LogP contribution in [0.25, 0.3) is 0 Å². The standard InChI is InChI=1S/C12H18ClN3S/c1-8(2)5-4-6-9(3)15-12-16-11(13)10(7-14)17-12/h8-9H,4-6H2,1-3H3,(H,15,16). The first kappa shape index (κ1) is 14.3. The van der Waals surface area contributed by atoms with Crippen LogP contribution in [0.2, 0.25) is 5.15 Å². The third-order valence-electron chi connectivity index (χ3n) is 2.48. The molecule has 1 unspecified atom stereocenters. The molecule has 0 aliphatic carbocycles. The van der Waals surface area contributed by atoms with Gasteiger partial charge in [-0.2, -0.15) is 5.26 Å². The molecule has 0 fully saturated rings. The minimum atomic E-state index is 0.300. The maximum absolute atomic E-state index is 8.78. The van der Waals surface area contributed by atoms with Gasteiger partial charge in [0.2, 0.25) is 0 Å². The fourth-order valence-corrected chi connectivity index (χ4v) is 2.61. The van der Waals surface area contributed by atoms with Gasteiger partial charge in [-0.25, -0.2) is 4.98 Å². The summed E-state index contributed by atoms with van der Waals surface area (Å²) < 4.78 is 0. The molecule has 1 atom stereocenters. The number of nitrogens with one attached hydrogen (secondary N) is 1. The highest BCUT2D eigenvalue weighted by Gasteiger charge is 2.10. The Morgan fingerprint density at radius 2 is 2.12 bits per heavy atom. The van der Waals surface area contributed by atoms with Gasteiger partial charge in [0.25, 0.3) is 0 Å². The van der Waals surface area contributed by atoms with Gasteiger partial charge in [-0.15, -0.1) is 0 Å². The molecule has 0 aliphatic rings. The molecule has 1 heterocycles. The van der Waals surface area contributed by atoms with Crippen LogP contribution < -0.4 is 5.32 Å². The Hall–Kier alpha value is -0.790. The minimum Gasteiger partial charge on any atom is -0.359 e. The van der Waals surface area contributed by atoms with Crippen LogP contribution in [0.4, 0.5) is 5.13 Å². The predicted octanol–water partition coefficient (Wildman–Crippen LogP) is 4.29. The Balaban J connectivity index is 2.40. The van der Waals surface area contributed by atoms with Gasteiger partial charge >= 0.3 is 0 Å². The summed E-state index contributed by atoms with van der Waals surface area (Å²) in [6.07, 6.45) is 3.56. The van der Waals surface area contributed by atoms with E-state index in [1.54, 1.807) is 0 Å². The molecular weight excluding hydrogens is 254 g/mol. The van der Waals surface area contributed by atoms with E-state index < -0.39 is 0 Å². The fraction of sp³-hybridized carbons (Fsp3) is 0.667. The number of nitrogens with zero attached hydrogens (tertiary/aromatic N) is 2. The molecule has 0 aliphatic heterocycles. The van der Waals surface area contributed by atoms with E-state index in [0.29, 0.717) is 16.1 Å². The molecule has 0 saturated carbocycles. The summed E-state index contributed by atoms with van der Waals surface area (Å²) in [6.45, 7) is 6.59. The number of hydrogen-bond acceptors (Lipinski definition) is 4. The Labute approximate surface area is 112 Å². The molecule has 0 aromatic carbocycles. The van der Waals surface area contributed by atoms with Crippen molar-refractivity contribution in [3.8, 4) is 6.07 Å². The van der Waals surface area contributed by atoms with Gasteiger partial charge in [-0.1, -0.05) is 49.6 Å². The number of rotatable bonds is 6. The molecule has 0 radical (unpaired) electrons. The predicted molar refractivity (Wildman–Crippen MR) is 73.6 cm³/mol. The second-order valence-electron chi connectivity index (χ2n) is 4.62. The summed E-state index contributed by atoms with van der Waals surface area (Å²) in [5.41, 5.74) is 0. The summed E-state index contributed by atoms with van der Waals surface area (Å²) in [7, 11) is 0. The molecule has 1 N–H and O–H groups in total. The topological polar surface area (TPSA) is 48.7 Å². The molecule has 5 heteroatoms. The SMILES string of the molecule is CC(C)CCCC(C)Nc1nc(Cl)c(C#N)s1. The fourth-order valence-electron chi connectivity index (χ4n) is 1.55. The van der Waals surface area contributed by atoms with E-state index in [4.69, 9.17) is 16.9 Å². The van der Waals surface area contributed by atoms with Gasteiger partial charge in [0.1, 0.15) is 10.9 Å². The van der Waals surface area contributed by atoms with Crippen LogP contribution in [0.3, 0.4) is 0 Å². The van der Waals surface area contributed by atoms with Crippen molar-refractivity contribution in [1.29, 1.82) is 5.26 Å². The van der Waals surface area contributed by atoms with E-state index in [1.165, 1.54) is 24.2 Å². The first-order chi connectivity index (χ1) is 8.02. The third-order valence-corrected chi connectivity index (χ3v) is 3.75. The maximum Gasteiger partial charge on any atom is 0.185 e. The zero-order chi connectivity index (χ0) is 12.8.